The van der Waals surface area contributed by atoms with Crippen LogP contribution in [0.15, 0.2) is 91.0 Å². The molecule has 0 aromatic heterocycles. The summed E-state index contributed by atoms with van der Waals surface area (Å²) in [4.78, 5) is 12.2. The molecule has 4 aromatic rings. The van der Waals surface area contributed by atoms with Crippen LogP contribution in [0.25, 0.3) is 10.8 Å². The summed E-state index contributed by atoms with van der Waals surface area (Å²) in [7, 11) is 0. The van der Waals surface area contributed by atoms with Gasteiger partial charge in [-0.1, -0.05) is 60.1 Å². The van der Waals surface area contributed by atoms with Gasteiger partial charge in [-0.05, 0) is 53.4 Å². The van der Waals surface area contributed by atoms with Gasteiger partial charge in [-0.3, -0.25) is 4.79 Å². The highest BCUT2D eigenvalue weighted by Gasteiger charge is 2.06. The van der Waals surface area contributed by atoms with Crippen molar-refractivity contribution >= 4 is 34.0 Å². The van der Waals surface area contributed by atoms with Crippen LogP contribution in [0.1, 0.15) is 5.56 Å². The van der Waals surface area contributed by atoms with Crippen molar-refractivity contribution in [2.24, 2.45) is 0 Å². The van der Waals surface area contributed by atoms with E-state index < -0.39 is 0 Å². The molecule has 0 saturated carbocycles. The number of carbonyl (C=O) groups is 1. The molecule has 0 aliphatic rings. The highest BCUT2D eigenvalue weighted by molar-refractivity contribution is 6.30. The molecule has 0 saturated heterocycles. The summed E-state index contributed by atoms with van der Waals surface area (Å²) >= 11 is 5.87. The van der Waals surface area contributed by atoms with E-state index in [0.29, 0.717) is 17.2 Å². The summed E-state index contributed by atoms with van der Waals surface area (Å²) in [6.07, 6.45) is 0.297. The summed E-state index contributed by atoms with van der Waals surface area (Å²) < 4.78 is 6.03. The van der Waals surface area contributed by atoms with Crippen LogP contribution in [0.3, 0.4) is 0 Å². The Kier molecular flexibility index (Phi) is 5.27. The normalized spacial score (nSPS) is 10.6. The van der Waals surface area contributed by atoms with Crippen molar-refractivity contribution in [3.8, 4) is 11.5 Å². The Morgan fingerprint density at radius 2 is 1.54 bits per heavy atom. The third kappa shape index (κ3) is 4.33. The predicted molar refractivity (Wildman–Crippen MR) is 114 cm³/mol. The van der Waals surface area contributed by atoms with Crippen LogP contribution in [0.4, 0.5) is 5.69 Å². The van der Waals surface area contributed by atoms with Crippen molar-refractivity contribution in [2.45, 2.75) is 6.42 Å². The van der Waals surface area contributed by atoms with Crippen molar-refractivity contribution in [3.05, 3.63) is 102 Å². The number of nitrogens with one attached hydrogen (secondary N) is 1. The lowest BCUT2D eigenvalue weighted by molar-refractivity contribution is -0.115. The van der Waals surface area contributed by atoms with Gasteiger partial charge in [0.25, 0.3) is 0 Å². The van der Waals surface area contributed by atoms with Crippen LogP contribution in [0.5, 0.6) is 11.5 Å². The zero-order valence-electron chi connectivity index (χ0n) is 15.1. The van der Waals surface area contributed by atoms with Crippen LogP contribution in [-0.4, -0.2) is 5.91 Å². The molecule has 0 aliphatic heterocycles. The van der Waals surface area contributed by atoms with E-state index in [1.807, 2.05) is 66.7 Å². The maximum atomic E-state index is 12.2. The van der Waals surface area contributed by atoms with Crippen LogP contribution >= 0.6 is 11.6 Å². The molecule has 0 heterocycles. The number of benzene rings is 4. The smallest absolute Gasteiger partial charge is 0.228 e. The molecule has 4 aromatic carbocycles. The average Bonchev–Trinajstić information content (AvgIpc) is 2.71. The number of hydrogen-bond donors (Lipinski definition) is 1. The molecule has 0 spiro atoms. The number of hydrogen-bond acceptors (Lipinski definition) is 2. The summed E-state index contributed by atoms with van der Waals surface area (Å²) in [5.41, 5.74) is 1.64. The topological polar surface area (TPSA) is 38.3 Å². The van der Waals surface area contributed by atoms with Crippen LogP contribution < -0.4 is 10.1 Å². The fraction of sp³-hybridized carbons (Fsp3) is 0.0417. The van der Waals surface area contributed by atoms with Gasteiger partial charge in [0.2, 0.25) is 5.91 Å². The lowest BCUT2D eigenvalue weighted by atomic mass is 10.1. The fourth-order valence-corrected chi connectivity index (χ4v) is 3.14. The average molecular weight is 388 g/mol. The van der Waals surface area contributed by atoms with Gasteiger partial charge in [0.05, 0.1) is 6.42 Å². The Hall–Kier alpha value is -3.30. The molecule has 0 bridgehead atoms. The largest absolute Gasteiger partial charge is 0.457 e. The van der Waals surface area contributed by atoms with E-state index >= 15 is 0 Å². The lowest BCUT2D eigenvalue weighted by Crippen LogP contribution is -2.14. The molecule has 0 aliphatic carbocycles. The van der Waals surface area contributed by atoms with Crippen LogP contribution in [0, 0.1) is 0 Å². The van der Waals surface area contributed by atoms with E-state index in [4.69, 9.17) is 16.3 Å². The Morgan fingerprint density at radius 3 is 2.32 bits per heavy atom. The molecule has 0 radical (unpaired) electrons. The number of carbonyl (C=O) groups excluding carboxylic acids is 1. The first kappa shape index (κ1) is 18.1. The SMILES string of the molecule is O=C(Cc1ccc(Cl)cc1)Nc1ccc(Oc2cccc3ccccc23)cc1. The first-order chi connectivity index (χ1) is 13.7. The fourth-order valence-electron chi connectivity index (χ4n) is 3.01. The van der Waals surface area contributed by atoms with Gasteiger partial charge in [0.1, 0.15) is 11.5 Å². The van der Waals surface area contributed by atoms with E-state index in [9.17, 15) is 4.79 Å². The van der Waals surface area contributed by atoms with Gasteiger partial charge in [-0.2, -0.15) is 0 Å². The molecule has 28 heavy (non-hydrogen) atoms. The van der Waals surface area contributed by atoms with Crippen LogP contribution in [-0.2, 0) is 11.2 Å². The van der Waals surface area contributed by atoms with E-state index in [0.717, 1.165) is 27.8 Å². The second kappa shape index (κ2) is 8.15. The molecule has 138 valence electrons. The number of rotatable bonds is 5. The first-order valence-corrected chi connectivity index (χ1v) is 9.35. The van der Waals surface area contributed by atoms with Crippen molar-refractivity contribution in [1.29, 1.82) is 0 Å². The molecular formula is C24H18ClNO2. The molecule has 3 nitrogen and oxygen atoms in total. The maximum absolute atomic E-state index is 12.2. The van der Waals surface area contributed by atoms with E-state index in [1.165, 1.54) is 0 Å². The van der Waals surface area contributed by atoms with Gasteiger partial charge in [0.15, 0.2) is 0 Å². The summed E-state index contributed by atoms with van der Waals surface area (Å²) in [6.45, 7) is 0. The second-order valence-electron chi connectivity index (χ2n) is 6.46. The monoisotopic (exact) mass is 387 g/mol. The van der Waals surface area contributed by atoms with Gasteiger partial charge < -0.3 is 10.1 Å². The zero-order chi connectivity index (χ0) is 19.3. The highest BCUT2D eigenvalue weighted by atomic mass is 35.5. The minimum absolute atomic E-state index is 0.0787. The van der Waals surface area contributed by atoms with Gasteiger partial charge in [0, 0.05) is 16.1 Å². The standard InChI is InChI=1S/C24H18ClNO2/c25-19-10-8-17(9-11-19)16-24(27)26-20-12-14-21(15-13-20)28-23-7-3-5-18-4-1-2-6-22(18)23/h1-15H,16H2,(H,26,27). The number of amides is 1. The molecule has 0 unspecified atom stereocenters. The maximum Gasteiger partial charge on any atom is 0.228 e. The van der Waals surface area contributed by atoms with Crippen molar-refractivity contribution in [1.82, 2.24) is 0 Å². The van der Waals surface area contributed by atoms with Crippen molar-refractivity contribution < 1.29 is 9.53 Å². The second-order valence-corrected chi connectivity index (χ2v) is 6.89. The first-order valence-electron chi connectivity index (χ1n) is 8.97. The number of fused-ring (bicyclic) bond motifs is 1. The highest BCUT2D eigenvalue weighted by Crippen LogP contribution is 2.30. The Labute approximate surface area is 168 Å². The number of halogens is 1. The third-order valence-corrected chi connectivity index (χ3v) is 4.65. The third-order valence-electron chi connectivity index (χ3n) is 4.39. The summed E-state index contributed by atoms with van der Waals surface area (Å²) in [5.74, 6) is 1.44. The summed E-state index contributed by atoms with van der Waals surface area (Å²) in [5, 5.41) is 5.75. The molecule has 4 rings (SSSR count). The van der Waals surface area contributed by atoms with Crippen LogP contribution in [0.2, 0.25) is 5.02 Å². The van der Waals surface area contributed by atoms with Gasteiger partial charge >= 0.3 is 0 Å². The molecule has 1 amide bonds. The zero-order valence-corrected chi connectivity index (χ0v) is 15.8. The van der Waals surface area contributed by atoms with E-state index in [1.54, 1.807) is 12.1 Å². The lowest BCUT2D eigenvalue weighted by Gasteiger charge is -2.10. The minimum atomic E-state index is -0.0787. The molecule has 0 fully saturated rings. The van der Waals surface area contributed by atoms with Crippen molar-refractivity contribution in [3.63, 3.8) is 0 Å². The predicted octanol–water partition coefficient (Wildman–Crippen LogP) is 6.47. The minimum Gasteiger partial charge on any atom is -0.457 e. The molecule has 4 heteroatoms. The van der Waals surface area contributed by atoms with Crippen molar-refractivity contribution in [2.75, 3.05) is 5.32 Å². The Morgan fingerprint density at radius 1 is 0.821 bits per heavy atom. The quantitative estimate of drug-likeness (QED) is 0.426. The Balaban J connectivity index is 1.42. The number of anilines is 1. The van der Waals surface area contributed by atoms with Gasteiger partial charge in [-0.25, -0.2) is 0 Å². The van der Waals surface area contributed by atoms with E-state index in [2.05, 4.69) is 17.4 Å². The molecular weight excluding hydrogens is 370 g/mol. The Bertz CT molecular complexity index is 1100. The molecule has 1 N–H and O–H groups in total. The van der Waals surface area contributed by atoms with Gasteiger partial charge in [-0.15, -0.1) is 0 Å². The van der Waals surface area contributed by atoms with E-state index in [-0.39, 0.29) is 5.91 Å². The molecule has 0 atom stereocenters. The summed E-state index contributed by atoms with van der Waals surface area (Å²) in [6, 6.07) is 28.7. The number of ether oxygens (including phenoxy) is 1.